The Balaban J connectivity index is 0.00000272. The summed E-state index contributed by atoms with van der Waals surface area (Å²) in [5.74, 6) is -0.168. The summed E-state index contributed by atoms with van der Waals surface area (Å²) in [6.45, 7) is 6.55. The summed E-state index contributed by atoms with van der Waals surface area (Å²) in [7, 11) is 0. The van der Waals surface area contributed by atoms with E-state index in [9.17, 15) is 4.79 Å². The van der Waals surface area contributed by atoms with E-state index in [0.717, 1.165) is 25.1 Å². The lowest BCUT2D eigenvalue weighted by atomic mass is 9.99. The maximum atomic E-state index is 11.7. The number of halogens is 1. The molecular weight excluding hydrogens is 408 g/mol. The molecule has 31 heavy (non-hydrogen) atoms. The summed E-state index contributed by atoms with van der Waals surface area (Å²) in [5, 5.41) is 6.45. The van der Waals surface area contributed by atoms with Crippen molar-refractivity contribution < 1.29 is 9.53 Å². The molecule has 1 fully saturated rings. The van der Waals surface area contributed by atoms with Gasteiger partial charge in [-0.15, -0.1) is 12.4 Å². The summed E-state index contributed by atoms with van der Waals surface area (Å²) in [6, 6.07) is 24.2. The Kier molecular flexibility index (Phi) is 7.94. The molecule has 3 aromatic rings. The van der Waals surface area contributed by atoms with Crippen molar-refractivity contribution in [3.63, 3.8) is 0 Å². The second-order valence-electron chi connectivity index (χ2n) is 8.04. The Morgan fingerprint density at radius 1 is 1.10 bits per heavy atom. The molecule has 3 aromatic carbocycles. The van der Waals surface area contributed by atoms with Gasteiger partial charge in [-0.1, -0.05) is 54.6 Å². The molecule has 0 bridgehead atoms. The van der Waals surface area contributed by atoms with E-state index in [2.05, 4.69) is 71.7 Å². The van der Waals surface area contributed by atoms with Crippen LogP contribution in [0.4, 0.5) is 5.69 Å². The van der Waals surface area contributed by atoms with Crippen molar-refractivity contribution in [3.8, 4) is 0 Å². The Labute approximate surface area is 191 Å². The topological polar surface area (TPSA) is 41.6 Å². The molecule has 0 amide bonds. The van der Waals surface area contributed by atoms with Gasteiger partial charge < -0.3 is 15.0 Å². The van der Waals surface area contributed by atoms with Crippen LogP contribution in [-0.4, -0.2) is 31.7 Å². The summed E-state index contributed by atoms with van der Waals surface area (Å²) in [4.78, 5) is 14.1. The van der Waals surface area contributed by atoms with E-state index >= 15 is 0 Å². The number of nitrogens with one attached hydrogen (secondary N) is 1. The van der Waals surface area contributed by atoms with Crippen LogP contribution in [-0.2, 0) is 16.0 Å². The van der Waals surface area contributed by atoms with E-state index in [1.54, 1.807) is 0 Å². The number of anilines is 1. The zero-order valence-electron chi connectivity index (χ0n) is 18.2. The smallest absolute Gasteiger partial charge is 0.310 e. The van der Waals surface area contributed by atoms with Gasteiger partial charge in [0.05, 0.1) is 13.0 Å². The third kappa shape index (κ3) is 5.57. The number of ether oxygens (including phenoxy) is 1. The standard InChI is InChI=1S/C26H30N2O2.ClH/c1-3-30-26(29)17-20-11-13-23(14-12-20)28-16-15-22(18-28)27-19(2)24-10-6-8-21-7-4-5-9-25(21)24;/h4-14,19,22,27H,3,15-18H2,1-2H3;1H/t19-,22+;/m1./s1. The maximum absolute atomic E-state index is 11.7. The van der Waals surface area contributed by atoms with E-state index in [1.165, 1.54) is 22.0 Å². The Hall–Kier alpha value is -2.56. The highest BCUT2D eigenvalue weighted by atomic mass is 35.5. The first kappa shape index (κ1) is 23.1. The zero-order valence-corrected chi connectivity index (χ0v) is 19.0. The van der Waals surface area contributed by atoms with Crippen LogP contribution in [0.5, 0.6) is 0 Å². The number of hydrogen-bond acceptors (Lipinski definition) is 4. The molecule has 4 nitrogen and oxygen atoms in total. The minimum atomic E-state index is -0.168. The van der Waals surface area contributed by atoms with E-state index in [1.807, 2.05) is 19.1 Å². The molecule has 1 heterocycles. The fourth-order valence-electron chi connectivity index (χ4n) is 4.41. The van der Waals surface area contributed by atoms with Crippen LogP contribution in [0.2, 0.25) is 0 Å². The van der Waals surface area contributed by atoms with Crippen molar-refractivity contribution >= 4 is 34.8 Å². The third-order valence-corrected chi connectivity index (χ3v) is 5.92. The van der Waals surface area contributed by atoms with E-state index in [0.29, 0.717) is 25.1 Å². The van der Waals surface area contributed by atoms with E-state index in [-0.39, 0.29) is 18.4 Å². The van der Waals surface area contributed by atoms with Gasteiger partial charge in [0.25, 0.3) is 0 Å². The molecule has 1 aliphatic rings. The highest BCUT2D eigenvalue weighted by molar-refractivity contribution is 5.86. The minimum absolute atomic E-state index is 0. The first-order valence-electron chi connectivity index (χ1n) is 10.9. The maximum Gasteiger partial charge on any atom is 0.310 e. The molecule has 0 saturated carbocycles. The second kappa shape index (κ2) is 10.7. The molecule has 5 heteroatoms. The molecule has 0 aliphatic carbocycles. The number of nitrogens with zero attached hydrogens (tertiary/aromatic N) is 1. The van der Waals surface area contributed by atoms with Gasteiger partial charge in [0.2, 0.25) is 0 Å². The number of hydrogen-bond donors (Lipinski definition) is 1. The first-order valence-corrected chi connectivity index (χ1v) is 10.9. The van der Waals surface area contributed by atoms with Crippen molar-refractivity contribution in [3.05, 3.63) is 77.9 Å². The largest absolute Gasteiger partial charge is 0.466 e. The number of rotatable bonds is 7. The van der Waals surface area contributed by atoms with E-state index < -0.39 is 0 Å². The van der Waals surface area contributed by atoms with Gasteiger partial charge in [-0.3, -0.25) is 4.79 Å². The zero-order chi connectivity index (χ0) is 20.9. The van der Waals surface area contributed by atoms with Crippen LogP contribution in [0.3, 0.4) is 0 Å². The quantitative estimate of drug-likeness (QED) is 0.508. The van der Waals surface area contributed by atoms with Crippen molar-refractivity contribution in [2.45, 2.75) is 38.8 Å². The van der Waals surface area contributed by atoms with Gasteiger partial charge in [-0.05, 0) is 54.3 Å². The lowest BCUT2D eigenvalue weighted by Crippen LogP contribution is -2.34. The highest BCUT2D eigenvalue weighted by Gasteiger charge is 2.24. The lowest BCUT2D eigenvalue weighted by molar-refractivity contribution is -0.142. The van der Waals surface area contributed by atoms with Crippen LogP contribution in [0.15, 0.2) is 66.7 Å². The van der Waals surface area contributed by atoms with Crippen LogP contribution in [0.1, 0.15) is 37.4 Å². The summed E-state index contributed by atoms with van der Waals surface area (Å²) in [6.07, 6.45) is 1.46. The number of carbonyl (C=O) groups is 1. The molecular formula is C26H31ClN2O2. The molecule has 0 unspecified atom stereocenters. The lowest BCUT2D eigenvalue weighted by Gasteiger charge is -2.23. The normalized spacial score (nSPS) is 16.7. The average Bonchev–Trinajstić information content (AvgIpc) is 3.22. The molecule has 2 atom stereocenters. The van der Waals surface area contributed by atoms with Crippen LogP contribution < -0.4 is 10.2 Å². The van der Waals surface area contributed by atoms with Crippen molar-refractivity contribution in [2.75, 3.05) is 24.6 Å². The summed E-state index contributed by atoms with van der Waals surface area (Å²) in [5.41, 5.74) is 3.57. The van der Waals surface area contributed by atoms with Gasteiger partial charge in [0.1, 0.15) is 0 Å². The molecule has 0 aromatic heterocycles. The number of benzene rings is 3. The van der Waals surface area contributed by atoms with Crippen LogP contribution in [0.25, 0.3) is 10.8 Å². The molecule has 1 aliphatic heterocycles. The summed E-state index contributed by atoms with van der Waals surface area (Å²) >= 11 is 0. The molecule has 0 radical (unpaired) electrons. The Morgan fingerprint density at radius 3 is 2.61 bits per heavy atom. The van der Waals surface area contributed by atoms with Gasteiger partial charge in [0, 0.05) is 30.9 Å². The molecule has 1 N–H and O–H groups in total. The SMILES string of the molecule is CCOC(=O)Cc1ccc(N2CC[C@H](N[C@H](C)c3cccc4ccccc34)C2)cc1.Cl. The second-order valence-corrected chi connectivity index (χ2v) is 8.04. The number of fused-ring (bicyclic) bond motifs is 1. The fraction of sp³-hybridized carbons (Fsp3) is 0.346. The molecule has 4 rings (SSSR count). The number of carbonyl (C=O) groups excluding carboxylic acids is 1. The van der Waals surface area contributed by atoms with Gasteiger partial charge in [0.15, 0.2) is 0 Å². The van der Waals surface area contributed by atoms with Gasteiger partial charge in [-0.25, -0.2) is 0 Å². The predicted octanol–water partition coefficient (Wildman–Crippen LogP) is 5.30. The molecule has 164 valence electrons. The molecule has 1 saturated heterocycles. The van der Waals surface area contributed by atoms with E-state index in [4.69, 9.17) is 4.74 Å². The van der Waals surface area contributed by atoms with Crippen molar-refractivity contribution in [1.29, 1.82) is 0 Å². The first-order chi connectivity index (χ1) is 14.6. The van der Waals surface area contributed by atoms with Gasteiger partial charge in [-0.2, -0.15) is 0 Å². The predicted molar refractivity (Wildman–Crippen MR) is 130 cm³/mol. The van der Waals surface area contributed by atoms with Crippen molar-refractivity contribution in [2.24, 2.45) is 0 Å². The van der Waals surface area contributed by atoms with Crippen LogP contribution >= 0.6 is 12.4 Å². The third-order valence-electron chi connectivity index (χ3n) is 5.92. The number of esters is 1. The minimum Gasteiger partial charge on any atom is -0.466 e. The Morgan fingerprint density at radius 2 is 1.84 bits per heavy atom. The Bertz CT molecular complexity index is 1000. The van der Waals surface area contributed by atoms with Crippen molar-refractivity contribution in [1.82, 2.24) is 5.32 Å². The molecule has 0 spiro atoms. The van der Waals surface area contributed by atoms with Crippen LogP contribution in [0, 0.1) is 0 Å². The monoisotopic (exact) mass is 438 g/mol. The fourth-order valence-corrected chi connectivity index (χ4v) is 4.41. The van der Waals surface area contributed by atoms with Gasteiger partial charge >= 0.3 is 5.97 Å². The highest BCUT2D eigenvalue weighted by Crippen LogP contribution is 2.27. The summed E-state index contributed by atoms with van der Waals surface area (Å²) < 4.78 is 5.03. The average molecular weight is 439 g/mol.